The number of ether oxygens (including phenoxy) is 2. The highest BCUT2D eigenvalue weighted by atomic mass is 19.3. The number of hydrogen-bond donors (Lipinski definition) is 2. The molecule has 0 heterocycles. The Kier molecular flexibility index (Phi) is 6.48. The highest BCUT2D eigenvalue weighted by molar-refractivity contribution is 5.95. The fourth-order valence-electron chi connectivity index (χ4n) is 2.20. The summed E-state index contributed by atoms with van der Waals surface area (Å²) < 4.78 is 33.9. The predicted molar refractivity (Wildman–Crippen MR) is 90.6 cm³/mol. The van der Waals surface area contributed by atoms with Crippen molar-refractivity contribution in [2.24, 2.45) is 0 Å². The molecule has 2 rings (SSSR count). The largest absolute Gasteiger partial charge is 0.493 e. The van der Waals surface area contributed by atoms with E-state index in [1.165, 1.54) is 25.3 Å². The minimum atomic E-state index is -2.98. The van der Waals surface area contributed by atoms with E-state index in [4.69, 9.17) is 4.74 Å². The normalized spacial score (nSPS) is 10.3. The molecular formula is C18H18F2N2O4. The predicted octanol–water partition coefficient (Wildman–Crippen LogP) is 2.59. The number of hydrogen-bond acceptors (Lipinski definition) is 4. The van der Waals surface area contributed by atoms with Crippen LogP contribution < -0.4 is 20.1 Å². The van der Waals surface area contributed by atoms with Crippen molar-refractivity contribution in [1.29, 1.82) is 0 Å². The maximum Gasteiger partial charge on any atom is 0.387 e. The molecule has 26 heavy (non-hydrogen) atoms. The molecule has 0 aliphatic heterocycles. The van der Waals surface area contributed by atoms with Gasteiger partial charge in [0.05, 0.1) is 7.11 Å². The van der Waals surface area contributed by atoms with Gasteiger partial charge < -0.3 is 20.1 Å². The molecule has 2 aromatic rings. The van der Waals surface area contributed by atoms with Crippen molar-refractivity contribution in [1.82, 2.24) is 10.6 Å². The summed E-state index contributed by atoms with van der Waals surface area (Å²) in [6.07, 6.45) is 0. The van der Waals surface area contributed by atoms with Gasteiger partial charge in [-0.3, -0.25) is 9.59 Å². The van der Waals surface area contributed by atoms with Gasteiger partial charge in [0.1, 0.15) is 0 Å². The minimum Gasteiger partial charge on any atom is -0.493 e. The third-order valence-corrected chi connectivity index (χ3v) is 3.54. The van der Waals surface area contributed by atoms with E-state index >= 15 is 0 Å². The van der Waals surface area contributed by atoms with Crippen molar-refractivity contribution < 1.29 is 27.8 Å². The van der Waals surface area contributed by atoms with Gasteiger partial charge in [-0.05, 0) is 35.9 Å². The summed E-state index contributed by atoms with van der Waals surface area (Å²) in [6, 6.07) is 10.7. The zero-order valence-corrected chi connectivity index (χ0v) is 14.2. The lowest BCUT2D eigenvalue weighted by Gasteiger charge is -2.11. The SMILES string of the molecule is CNC(=O)c1ccc(CNC(=O)c2ccc(OC(F)F)c(OC)c2)cc1. The number of carbonyl (C=O) groups is 2. The van der Waals surface area contributed by atoms with Crippen LogP contribution in [0.15, 0.2) is 42.5 Å². The highest BCUT2D eigenvalue weighted by Gasteiger charge is 2.14. The van der Waals surface area contributed by atoms with E-state index in [1.807, 2.05) is 0 Å². The summed E-state index contributed by atoms with van der Waals surface area (Å²) in [6.45, 7) is -2.74. The summed E-state index contributed by atoms with van der Waals surface area (Å²) in [5.74, 6) is -0.710. The van der Waals surface area contributed by atoms with Gasteiger partial charge in [-0.25, -0.2) is 0 Å². The van der Waals surface area contributed by atoms with Crippen molar-refractivity contribution in [3.8, 4) is 11.5 Å². The average Bonchev–Trinajstić information content (AvgIpc) is 2.65. The van der Waals surface area contributed by atoms with Crippen LogP contribution in [0.5, 0.6) is 11.5 Å². The topological polar surface area (TPSA) is 76.7 Å². The standard InChI is InChI=1S/C18H18F2N2O4/c1-21-16(23)12-5-3-11(4-6-12)10-22-17(24)13-7-8-14(26-18(19)20)15(9-13)25-2/h3-9,18H,10H2,1-2H3,(H,21,23)(H,22,24). The summed E-state index contributed by atoms with van der Waals surface area (Å²) >= 11 is 0. The minimum absolute atomic E-state index is 0.0351. The first kappa shape index (κ1) is 19.2. The van der Waals surface area contributed by atoms with Crippen LogP contribution >= 0.6 is 0 Å². The fourth-order valence-corrected chi connectivity index (χ4v) is 2.20. The summed E-state index contributed by atoms with van der Waals surface area (Å²) in [5.41, 5.74) is 1.56. The van der Waals surface area contributed by atoms with Crippen LogP contribution in [0.2, 0.25) is 0 Å². The number of amides is 2. The van der Waals surface area contributed by atoms with E-state index < -0.39 is 12.5 Å². The molecule has 8 heteroatoms. The van der Waals surface area contributed by atoms with Crippen molar-refractivity contribution in [3.63, 3.8) is 0 Å². The van der Waals surface area contributed by atoms with Crippen molar-refractivity contribution >= 4 is 11.8 Å². The number of halogens is 2. The van der Waals surface area contributed by atoms with Gasteiger partial charge in [0, 0.05) is 24.7 Å². The second-order valence-electron chi connectivity index (χ2n) is 5.20. The van der Waals surface area contributed by atoms with E-state index in [1.54, 1.807) is 31.3 Å². The summed E-state index contributed by atoms with van der Waals surface area (Å²) in [4.78, 5) is 23.7. The Morgan fingerprint density at radius 3 is 2.23 bits per heavy atom. The molecule has 6 nitrogen and oxygen atoms in total. The van der Waals surface area contributed by atoms with Crippen LogP contribution in [-0.4, -0.2) is 32.6 Å². The maximum atomic E-state index is 12.3. The monoisotopic (exact) mass is 364 g/mol. The first-order chi connectivity index (χ1) is 12.4. The molecule has 0 spiro atoms. The van der Waals surface area contributed by atoms with Crippen LogP contribution in [-0.2, 0) is 6.54 Å². The Morgan fingerprint density at radius 2 is 1.65 bits per heavy atom. The molecule has 0 aliphatic carbocycles. The molecule has 138 valence electrons. The Bertz CT molecular complexity index is 779. The molecule has 2 N–H and O–H groups in total. The molecule has 0 aromatic heterocycles. The van der Waals surface area contributed by atoms with E-state index in [-0.39, 0.29) is 29.5 Å². The molecule has 0 unspecified atom stereocenters. The van der Waals surface area contributed by atoms with E-state index in [2.05, 4.69) is 15.4 Å². The molecule has 0 aliphatic rings. The van der Waals surface area contributed by atoms with Gasteiger partial charge in [-0.1, -0.05) is 12.1 Å². The van der Waals surface area contributed by atoms with Gasteiger partial charge in [0.15, 0.2) is 11.5 Å². The second kappa shape index (κ2) is 8.80. The maximum absolute atomic E-state index is 12.3. The molecular weight excluding hydrogens is 346 g/mol. The van der Waals surface area contributed by atoms with Crippen LogP contribution in [0.3, 0.4) is 0 Å². The van der Waals surface area contributed by atoms with Crippen molar-refractivity contribution in [2.45, 2.75) is 13.2 Å². The Labute approximate surface area is 149 Å². The molecule has 0 bridgehead atoms. The zero-order chi connectivity index (χ0) is 19.1. The number of nitrogens with one attached hydrogen (secondary N) is 2. The quantitative estimate of drug-likeness (QED) is 0.792. The second-order valence-corrected chi connectivity index (χ2v) is 5.20. The van der Waals surface area contributed by atoms with Gasteiger partial charge in [0.2, 0.25) is 0 Å². The number of rotatable bonds is 7. The molecule has 0 saturated carbocycles. The summed E-state index contributed by atoms with van der Waals surface area (Å²) in [5, 5.41) is 5.23. The third kappa shape index (κ3) is 4.92. The number of carbonyl (C=O) groups excluding carboxylic acids is 2. The first-order valence-electron chi connectivity index (χ1n) is 7.66. The highest BCUT2D eigenvalue weighted by Crippen LogP contribution is 2.29. The van der Waals surface area contributed by atoms with Gasteiger partial charge >= 0.3 is 6.61 Å². The van der Waals surface area contributed by atoms with Crippen molar-refractivity contribution in [2.75, 3.05) is 14.2 Å². The van der Waals surface area contributed by atoms with Crippen molar-refractivity contribution in [3.05, 3.63) is 59.2 Å². The Balaban J connectivity index is 2.02. The summed E-state index contributed by atoms with van der Waals surface area (Å²) in [7, 11) is 2.84. The van der Waals surface area contributed by atoms with E-state index in [0.717, 1.165) is 5.56 Å². The number of alkyl halides is 2. The van der Waals surface area contributed by atoms with Crippen LogP contribution in [0.25, 0.3) is 0 Å². The van der Waals surface area contributed by atoms with Gasteiger partial charge in [-0.2, -0.15) is 8.78 Å². The third-order valence-electron chi connectivity index (χ3n) is 3.54. The Morgan fingerprint density at radius 1 is 1.00 bits per heavy atom. The number of methoxy groups -OCH3 is 1. The lowest BCUT2D eigenvalue weighted by molar-refractivity contribution is -0.0512. The average molecular weight is 364 g/mol. The zero-order valence-electron chi connectivity index (χ0n) is 14.2. The Hall–Kier alpha value is -3.16. The smallest absolute Gasteiger partial charge is 0.387 e. The molecule has 2 amide bonds. The lowest BCUT2D eigenvalue weighted by Crippen LogP contribution is -2.23. The molecule has 0 radical (unpaired) electrons. The van der Waals surface area contributed by atoms with E-state index in [0.29, 0.717) is 5.56 Å². The molecule has 0 saturated heterocycles. The van der Waals surface area contributed by atoms with Crippen LogP contribution in [0, 0.1) is 0 Å². The fraction of sp³-hybridized carbons (Fsp3) is 0.222. The molecule has 2 aromatic carbocycles. The van der Waals surface area contributed by atoms with Crippen LogP contribution in [0.4, 0.5) is 8.78 Å². The molecule has 0 fully saturated rings. The lowest BCUT2D eigenvalue weighted by atomic mass is 10.1. The van der Waals surface area contributed by atoms with Gasteiger partial charge in [-0.15, -0.1) is 0 Å². The van der Waals surface area contributed by atoms with Gasteiger partial charge in [0.25, 0.3) is 11.8 Å². The first-order valence-corrected chi connectivity index (χ1v) is 7.66. The van der Waals surface area contributed by atoms with Crippen LogP contribution in [0.1, 0.15) is 26.3 Å². The number of benzene rings is 2. The molecule has 0 atom stereocenters. The van der Waals surface area contributed by atoms with E-state index in [9.17, 15) is 18.4 Å².